The summed E-state index contributed by atoms with van der Waals surface area (Å²) in [4.78, 5) is 25.1. The van der Waals surface area contributed by atoms with Gasteiger partial charge < -0.3 is 14.8 Å². The Kier molecular flexibility index (Phi) is 3.69. The van der Waals surface area contributed by atoms with E-state index in [9.17, 15) is 10.1 Å². The third-order valence-electron chi connectivity index (χ3n) is 6.78. The molecule has 8 nitrogen and oxygen atoms in total. The molecule has 2 aliphatic heterocycles. The summed E-state index contributed by atoms with van der Waals surface area (Å²) in [5, 5.41) is 15.1. The summed E-state index contributed by atoms with van der Waals surface area (Å²) in [6.45, 7) is 1.62. The van der Waals surface area contributed by atoms with E-state index < -0.39 is 0 Å². The number of hydrogen-bond acceptors (Lipinski definition) is 5. The summed E-state index contributed by atoms with van der Waals surface area (Å²) in [6, 6.07) is 4.93. The molecule has 2 saturated heterocycles. The lowest BCUT2D eigenvalue weighted by Crippen LogP contribution is -2.56. The van der Waals surface area contributed by atoms with Gasteiger partial charge in [-0.15, -0.1) is 0 Å². The first-order chi connectivity index (χ1) is 14.6. The van der Waals surface area contributed by atoms with E-state index in [0.717, 1.165) is 61.1 Å². The molecule has 5 heterocycles. The zero-order valence-corrected chi connectivity index (χ0v) is 16.9. The fraction of sp³-hybridized carbons (Fsp3) is 0.455. The van der Waals surface area contributed by atoms with Gasteiger partial charge in [0.1, 0.15) is 11.7 Å². The molecule has 3 aromatic rings. The van der Waals surface area contributed by atoms with Crippen molar-refractivity contribution in [1.82, 2.24) is 24.6 Å². The maximum absolute atomic E-state index is 12.8. The maximum atomic E-state index is 12.8. The second-order valence-electron chi connectivity index (χ2n) is 8.75. The number of pyridine rings is 1. The van der Waals surface area contributed by atoms with Gasteiger partial charge in [0.2, 0.25) is 5.91 Å². The molecule has 2 unspecified atom stereocenters. The van der Waals surface area contributed by atoms with E-state index in [2.05, 4.69) is 30.9 Å². The molecule has 8 heteroatoms. The Labute approximate surface area is 174 Å². The fourth-order valence-electron chi connectivity index (χ4n) is 5.24. The van der Waals surface area contributed by atoms with Crippen LogP contribution in [0.5, 0.6) is 0 Å². The van der Waals surface area contributed by atoms with Gasteiger partial charge in [0, 0.05) is 56.1 Å². The van der Waals surface area contributed by atoms with Crippen molar-refractivity contribution in [3.63, 3.8) is 0 Å². The number of nitrogens with one attached hydrogen (secondary N) is 1. The summed E-state index contributed by atoms with van der Waals surface area (Å²) in [5.41, 5.74) is 3.97. The van der Waals surface area contributed by atoms with Gasteiger partial charge in [0.25, 0.3) is 0 Å². The average molecular weight is 401 g/mol. The number of aromatic amines is 1. The first kappa shape index (κ1) is 17.5. The van der Waals surface area contributed by atoms with Crippen LogP contribution in [0.3, 0.4) is 0 Å². The Bertz CT molecular complexity index is 1180. The van der Waals surface area contributed by atoms with Gasteiger partial charge in [0.05, 0.1) is 28.5 Å². The highest BCUT2D eigenvalue weighted by atomic mass is 16.2. The zero-order chi connectivity index (χ0) is 20.4. The highest BCUT2D eigenvalue weighted by Crippen LogP contribution is 2.41. The number of hydrogen-bond donors (Lipinski definition) is 1. The summed E-state index contributed by atoms with van der Waals surface area (Å²) in [7, 11) is 1.86. The van der Waals surface area contributed by atoms with Gasteiger partial charge in [0.15, 0.2) is 0 Å². The minimum absolute atomic E-state index is 0.266. The molecule has 3 aliphatic rings. The van der Waals surface area contributed by atoms with Gasteiger partial charge in [-0.05, 0) is 31.7 Å². The molecule has 6 rings (SSSR count). The van der Waals surface area contributed by atoms with E-state index in [4.69, 9.17) is 0 Å². The predicted octanol–water partition coefficient (Wildman–Crippen LogP) is 2.42. The Hall–Kier alpha value is -3.34. The normalized spacial score (nSPS) is 23.2. The highest BCUT2D eigenvalue weighted by Gasteiger charge is 2.46. The molecular formula is C22H23N7O. The van der Waals surface area contributed by atoms with E-state index in [1.165, 1.54) is 0 Å². The largest absolute Gasteiger partial charge is 0.367 e. The number of aryl methyl sites for hydroxylation is 1. The molecule has 2 atom stereocenters. The highest BCUT2D eigenvalue weighted by molar-refractivity contribution is 6.00. The average Bonchev–Trinajstić information content (AvgIpc) is 3.32. The third-order valence-corrected chi connectivity index (χ3v) is 6.78. The fourth-order valence-corrected chi connectivity index (χ4v) is 5.24. The van der Waals surface area contributed by atoms with Gasteiger partial charge >= 0.3 is 0 Å². The third kappa shape index (κ3) is 2.54. The molecule has 1 saturated carbocycles. The molecule has 30 heavy (non-hydrogen) atoms. The van der Waals surface area contributed by atoms with Crippen LogP contribution in [0.15, 0.2) is 24.7 Å². The van der Waals surface area contributed by atoms with Crippen molar-refractivity contribution in [2.24, 2.45) is 13.0 Å². The molecule has 0 spiro atoms. The van der Waals surface area contributed by atoms with Crippen molar-refractivity contribution in [3.8, 4) is 17.3 Å². The van der Waals surface area contributed by atoms with E-state index in [0.29, 0.717) is 17.1 Å². The van der Waals surface area contributed by atoms with Crippen LogP contribution in [0, 0.1) is 17.2 Å². The molecule has 152 valence electrons. The van der Waals surface area contributed by atoms with Gasteiger partial charge in [-0.25, -0.2) is 4.98 Å². The number of aromatic nitrogens is 4. The smallest absolute Gasteiger partial charge is 0.226 e. The number of fused-ring (bicyclic) bond motifs is 3. The summed E-state index contributed by atoms with van der Waals surface area (Å²) < 4.78 is 1.73. The minimum Gasteiger partial charge on any atom is -0.367 e. The zero-order valence-electron chi connectivity index (χ0n) is 16.9. The van der Waals surface area contributed by atoms with Gasteiger partial charge in [-0.1, -0.05) is 0 Å². The number of amides is 1. The van der Waals surface area contributed by atoms with Gasteiger partial charge in [-0.2, -0.15) is 10.4 Å². The number of carbonyl (C=O) groups is 1. The lowest BCUT2D eigenvalue weighted by atomic mass is 10.1. The molecule has 0 radical (unpaired) electrons. The molecule has 3 aromatic heterocycles. The van der Waals surface area contributed by atoms with E-state index >= 15 is 0 Å². The molecule has 0 aromatic carbocycles. The van der Waals surface area contributed by atoms with Crippen LogP contribution in [0.4, 0.5) is 5.69 Å². The lowest BCUT2D eigenvalue weighted by Gasteiger charge is -2.42. The second-order valence-corrected chi connectivity index (χ2v) is 8.75. The number of nitriles is 1. The SMILES string of the molecule is Cn1cc(-c2[nH]c3nccc(N4CC5CCC(C4)N5C(=O)C4CC4)c3c2C#N)cn1. The van der Waals surface area contributed by atoms with Crippen LogP contribution < -0.4 is 4.90 Å². The maximum Gasteiger partial charge on any atom is 0.226 e. The molecule has 1 amide bonds. The van der Waals surface area contributed by atoms with Gasteiger partial charge in [-0.3, -0.25) is 9.48 Å². The van der Waals surface area contributed by atoms with Crippen molar-refractivity contribution in [2.45, 2.75) is 37.8 Å². The first-order valence-corrected chi connectivity index (χ1v) is 10.6. The van der Waals surface area contributed by atoms with Crippen LogP contribution in [0.2, 0.25) is 0 Å². The predicted molar refractivity (Wildman–Crippen MR) is 112 cm³/mol. The van der Waals surface area contributed by atoms with E-state index in [-0.39, 0.29) is 18.0 Å². The summed E-state index contributed by atoms with van der Waals surface area (Å²) >= 11 is 0. The van der Waals surface area contributed by atoms with Crippen molar-refractivity contribution in [3.05, 3.63) is 30.2 Å². The second kappa shape index (κ2) is 6.33. The number of carbonyl (C=O) groups excluding carboxylic acids is 1. The molecule has 3 fully saturated rings. The molecule has 1 aliphatic carbocycles. The monoisotopic (exact) mass is 401 g/mol. The lowest BCUT2D eigenvalue weighted by molar-refractivity contribution is -0.135. The van der Waals surface area contributed by atoms with E-state index in [1.807, 2.05) is 19.3 Å². The topological polar surface area (TPSA) is 93.8 Å². The number of piperazine rings is 1. The number of nitrogens with zero attached hydrogens (tertiary/aromatic N) is 6. The van der Waals surface area contributed by atoms with Crippen LogP contribution in [-0.2, 0) is 11.8 Å². The Morgan fingerprint density at radius 3 is 2.63 bits per heavy atom. The van der Waals surface area contributed by atoms with Crippen molar-refractivity contribution >= 4 is 22.6 Å². The quantitative estimate of drug-likeness (QED) is 0.727. The standard InChI is InChI=1S/C22H23N7O/c1-27-10-14(9-25-27)20-17(8-23)19-18(6-7-24-21(19)26-20)28-11-15-4-5-16(12-28)29(15)22(30)13-2-3-13/h6-7,9-10,13,15-16H,2-5,11-12H2,1H3,(H,24,26). The summed E-state index contributed by atoms with van der Waals surface area (Å²) in [6.07, 6.45) is 9.68. The Morgan fingerprint density at radius 1 is 1.23 bits per heavy atom. The Balaban J connectivity index is 1.40. The van der Waals surface area contributed by atoms with E-state index in [1.54, 1.807) is 17.1 Å². The molecular weight excluding hydrogens is 378 g/mol. The minimum atomic E-state index is 0.266. The van der Waals surface area contributed by atoms with Crippen LogP contribution in [0.1, 0.15) is 31.2 Å². The van der Waals surface area contributed by atoms with Crippen LogP contribution >= 0.6 is 0 Å². The molecule has 2 bridgehead atoms. The Morgan fingerprint density at radius 2 is 2.00 bits per heavy atom. The molecule has 1 N–H and O–H groups in total. The first-order valence-electron chi connectivity index (χ1n) is 10.6. The van der Waals surface area contributed by atoms with Crippen LogP contribution in [0.25, 0.3) is 22.3 Å². The van der Waals surface area contributed by atoms with Crippen molar-refractivity contribution in [1.29, 1.82) is 5.26 Å². The van der Waals surface area contributed by atoms with Crippen LogP contribution in [-0.4, -0.2) is 55.7 Å². The van der Waals surface area contributed by atoms with Crippen molar-refractivity contribution in [2.75, 3.05) is 18.0 Å². The number of H-pyrrole nitrogens is 1. The number of rotatable bonds is 3. The summed E-state index contributed by atoms with van der Waals surface area (Å²) in [5.74, 6) is 0.629. The number of anilines is 1. The van der Waals surface area contributed by atoms with Crippen molar-refractivity contribution < 1.29 is 4.79 Å².